The van der Waals surface area contributed by atoms with Gasteiger partial charge in [0.05, 0.1) is 12.4 Å². The third-order valence-electron chi connectivity index (χ3n) is 5.32. The van der Waals surface area contributed by atoms with E-state index in [-0.39, 0.29) is 11.9 Å². The predicted octanol–water partition coefficient (Wildman–Crippen LogP) is 2.84. The van der Waals surface area contributed by atoms with E-state index in [1.807, 2.05) is 18.7 Å². The SMILES string of the molecule is COC[C@H](C)NC(=O)CSC12CC3CC(CC(C3)C1)C2. The maximum atomic E-state index is 12.0. The van der Waals surface area contributed by atoms with Crippen molar-refractivity contribution in [3.8, 4) is 0 Å². The van der Waals surface area contributed by atoms with E-state index in [0.29, 0.717) is 17.1 Å². The normalized spacial score (nSPS) is 39.8. The van der Waals surface area contributed by atoms with Crippen molar-refractivity contribution in [3.05, 3.63) is 0 Å². The Morgan fingerprint density at radius 3 is 2.30 bits per heavy atom. The molecule has 0 aliphatic heterocycles. The van der Waals surface area contributed by atoms with Gasteiger partial charge in [0.2, 0.25) is 5.91 Å². The summed E-state index contributed by atoms with van der Waals surface area (Å²) in [4.78, 5) is 12.0. The Kier molecular flexibility index (Phi) is 4.32. The van der Waals surface area contributed by atoms with Crippen LogP contribution in [-0.4, -0.2) is 36.2 Å². The quantitative estimate of drug-likeness (QED) is 0.819. The fourth-order valence-corrected chi connectivity index (χ4v) is 6.62. The van der Waals surface area contributed by atoms with E-state index in [0.717, 1.165) is 17.8 Å². The van der Waals surface area contributed by atoms with Crippen LogP contribution in [0.3, 0.4) is 0 Å². The van der Waals surface area contributed by atoms with Gasteiger partial charge in [-0.3, -0.25) is 4.79 Å². The van der Waals surface area contributed by atoms with Gasteiger partial charge in [-0.2, -0.15) is 0 Å². The zero-order valence-corrected chi connectivity index (χ0v) is 13.5. The van der Waals surface area contributed by atoms with E-state index < -0.39 is 0 Å². The molecule has 114 valence electrons. The first-order valence-corrected chi connectivity index (χ1v) is 8.99. The van der Waals surface area contributed by atoms with Crippen molar-refractivity contribution < 1.29 is 9.53 Å². The average molecular weight is 297 g/mol. The molecule has 4 bridgehead atoms. The second kappa shape index (κ2) is 5.88. The molecule has 4 rings (SSSR count). The standard InChI is InChI=1S/C16H27NO2S/c1-11(9-19-2)17-15(18)10-20-16-6-12-3-13(7-16)5-14(4-12)8-16/h11-14H,3-10H2,1-2H3,(H,17,18)/t11-,12?,13?,14?,16?/m0/s1. The van der Waals surface area contributed by atoms with Crippen LogP contribution in [0, 0.1) is 17.8 Å². The van der Waals surface area contributed by atoms with Crippen molar-refractivity contribution in [1.82, 2.24) is 5.32 Å². The van der Waals surface area contributed by atoms with Gasteiger partial charge in [-0.1, -0.05) is 0 Å². The number of hydrogen-bond donors (Lipinski definition) is 1. The monoisotopic (exact) mass is 297 g/mol. The van der Waals surface area contributed by atoms with Gasteiger partial charge in [0, 0.05) is 17.9 Å². The van der Waals surface area contributed by atoms with Crippen LogP contribution >= 0.6 is 11.8 Å². The molecule has 0 saturated heterocycles. The molecule has 0 spiro atoms. The lowest BCUT2D eigenvalue weighted by molar-refractivity contribution is -0.119. The molecule has 0 aromatic carbocycles. The highest BCUT2D eigenvalue weighted by Crippen LogP contribution is 2.60. The minimum absolute atomic E-state index is 0.115. The molecule has 4 aliphatic rings. The topological polar surface area (TPSA) is 38.3 Å². The van der Waals surface area contributed by atoms with Gasteiger partial charge in [-0.15, -0.1) is 11.8 Å². The highest BCUT2D eigenvalue weighted by Gasteiger charge is 2.51. The fraction of sp³-hybridized carbons (Fsp3) is 0.938. The van der Waals surface area contributed by atoms with Gasteiger partial charge in [0.1, 0.15) is 0 Å². The number of hydrogen-bond acceptors (Lipinski definition) is 3. The summed E-state index contributed by atoms with van der Waals surface area (Å²) in [5.41, 5.74) is 0. The van der Waals surface area contributed by atoms with E-state index in [2.05, 4.69) is 5.32 Å². The van der Waals surface area contributed by atoms with Crippen LogP contribution in [0.5, 0.6) is 0 Å². The van der Waals surface area contributed by atoms with Crippen molar-refractivity contribution in [2.45, 2.75) is 56.2 Å². The smallest absolute Gasteiger partial charge is 0.230 e. The Hall–Kier alpha value is -0.220. The van der Waals surface area contributed by atoms with Gasteiger partial charge >= 0.3 is 0 Å². The highest BCUT2D eigenvalue weighted by atomic mass is 32.2. The van der Waals surface area contributed by atoms with Crippen LogP contribution in [0.1, 0.15) is 45.4 Å². The van der Waals surface area contributed by atoms with Crippen LogP contribution in [0.15, 0.2) is 0 Å². The van der Waals surface area contributed by atoms with E-state index in [1.165, 1.54) is 38.5 Å². The summed E-state index contributed by atoms with van der Waals surface area (Å²) in [6.45, 7) is 2.59. The maximum Gasteiger partial charge on any atom is 0.230 e. The average Bonchev–Trinajstić information content (AvgIpc) is 2.35. The van der Waals surface area contributed by atoms with Crippen molar-refractivity contribution in [1.29, 1.82) is 0 Å². The molecule has 0 unspecified atom stereocenters. The van der Waals surface area contributed by atoms with E-state index in [4.69, 9.17) is 4.74 Å². The molecule has 4 aliphatic carbocycles. The Balaban J connectivity index is 1.49. The number of nitrogens with one attached hydrogen (secondary N) is 1. The van der Waals surface area contributed by atoms with E-state index >= 15 is 0 Å². The van der Waals surface area contributed by atoms with Gasteiger partial charge in [-0.05, 0) is 63.2 Å². The molecule has 0 aromatic rings. The van der Waals surface area contributed by atoms with Gasteiger partial charge < -0.3 is 10.1 Å². The second-order valence-corrected chi connectivity index (χ2v) is 8.76. The summed E-state index contributed by atoms with van der Waals surface area (Å²) < 4.78 is 5.50. The highest BCUT2D eigenvalue weighted by molar-refractivity contribution is 8.01. The number of methoxy groups -OCH3 is 1. The molecule has 4 saturated carbocycles. The molecule has 20 heavy (non-hydrogen) atoms. The molecular formula is C16H27NO2S. The summed E-state index contributed by atoms with van der Waals surface area (Å²) >= 11 is 1.95. The van der Waals surface area contributed by atoms with Crippen LogP contribution < -0.4 is 5.32 Å². The lowest BCUT2D eigenvalue weighted by Gasteiger charge is -2.56. The van der Waals surface area contributed by atoms with E-state index in [9.17, 15) is 4.79 Å². The molecule has 1 atom stereocenters. The first-order valence-electron chi connectivity index (χ1n) is 8.01. The molecule has 4 heteroatoms. The van der Waals surface area contributed by atoms with Crippen molar-refractivity contribution in [3.63, 3.8) is 0 Å². The molecular weight excluding hydrogens is 270 g/mol. The zero-order chi connectivity index (χ0) is 14.2. The van der Waals surface area contributed by atoms with E-state index in [1.54, 1.807) is 7.11 Å². The van der Waals surface area contributed by atoms with Gasteiger partial charge in [0.15, 0.2) is 0 Å². The Morgan fingerprint density at radius 2 is 1.80 bits per heavy atom. The molecule has 0 aromatic heterocycles. The zero-order valence-electron chi connectivity index (χ0n) is 12.7. The predicted molar refractivity (Wildman–Crippen MR) is 82.8 cm³/mol. The van der Waals surface area contributed by atoms with Gasteiger partial charge in [-0.25, -0.2) is 0 Å². The Morgan fingerprint density at radius 1 is 1.25 bits per heavy atom. The van der Waals surface area contributed by atoms with Crippen LogP contribution in [0.2, 0.25) is 0 Å². The van der Waals surface area contributed by atoms with Gasteiger partial charge in [0.25, 0.3) is 0 Å². The number of thioether (sulfide) groups is 1. The summed E-state index contributed by atoms with van der Waals surface area (Å²) in [6, 6.07) is 0.115. The summed E-state index contributed by atoms with van der Waals surface area (Å²) in [5.74, 6) is 3.69. The number of carbonyl (C=O) groups is 1. The lowest BCUT2D eigenvalue weighted by atomic mass is 9.56. The van der Waals surface area contributed by atoms with Crippen LogP contribution in [0.4, 0.5) is 0 Å². The lowest BCUT2D eigenvalue weighted by Crippen LogP contribution is -2.49. The minimum Gasteiger partial charge on any atom is -0.383 e. The first-order chi connectivity index (χ1) is 9.58. The molecule has 0 heterocycles. The molecule has 3 nitrogen and oxygen atoms in total. The minimum atomic E-state index is 0.115. The summed E-state index contributed by atoms with van der Waals surface area (Å²) in [5, 5.41) is 3.03. The third-order valence-corrected chi connectivity index (χ3v) is 6.83. The largest absolute Gasteiger partial charge is 0.383 e. The number of rotatable bonds is 6. The first kappa shape index (κ1) is 14.7. The number of carbonyl (C=O) groups excluding carboxylic acids is 1. The molecule has 1 amide bonds. The molecule has 0 radical (unpaired) electrons. The third kappa shape index (κ3) is 3.16. The summed E-state index contributed by atoms with van der Waals surface area (Å²) in [7, 11) is 1.67. The van der Waals surface area contributed by atoms with Crippen molar-refractivity contribution in [2.75, 3.05) is 19.5 Å². The fourth-order valence-electron chi connectivity index (χ4n) is 5.03. The number of ether oxygens (including phenoxy) is 1. The second-order valence-electron chi connectivity index (χ2n) is 7.31. The molecule has 1 N–H and O–H groups in total. The Labute approximate surface area is 126 Å². The number of amides is 1. The summed E-state index contributed by atoms with van der Waals surface area (Å²) in [6.07, 6.45) is 8.50. The molecule has 4 fully saturated rings. The Bertz CT molecular complexity index is 336. The van der Waals surface area contributed by atoms with Crippen molar-refractivity contribution >= 4 is 17.7 Å². The van der Waals surface area contributed by atoms with Crippen LogP contribution in [0.25, 0.3) is 0 Å². The van der Waals surface area contributed by atoms with Crippen molar-refractivity contribution in [2.24, 2.45) is 17.8 Å². The van der Waals surface area contributed by atoms with Crippen LogP contribution in [-0.2, 0) is 9.53 Å². The maximum absolute atomic E-state index is 12.0.